The molecule has 0 aliphatic rings. The topological polar surface area (TPSA) is 75.1 Å². The molecule has 0 aliphatic carbocycles. The van der Waals surface area contributed by atoms with E-state index < -0.39 is 5.91 Å². The number of hydrogen-bond donors (Lipinski definition) is 2. The van der Waals surface area contributed by atoms with Crippen LogP contribution in [-0.2, 0) is 0 Å². The number of thiazole rings is 1. The van der Waals surface area contributed by atoms with E-state index in [1.807, 2.05) is 0 Å². The third kappa shape index (κ3) is 2.10. The summed E-state index contributed by atoms with van der Waals surface area (Å²) in [4.78, 5) is 19.2. The zero-order valence-electron chi connectivity index (χ0n) is 7.54. The van der Waals surface area contributed by atoms with Crippen LogP contribution in [0.25, 0.3) is 0 Å². The van der Waals surface area contributed by atoms with E-state index in [0.29, 0.717) is 5.13 Å². The summed E-state index contributed by atoms with van der Waals surface area (Å²) in [7, 11) is 0. The standard InChI is InChI=1S/C9H7N3O2S/c13-7-5-10-2-1-6(7)8(14)12-9-11-3-4-15-9/h1-5,13H,(H,11,12,14). The first-order chi connectivity index (χ1) is 7.27. The van der Waals surface area contributed by atoms with Gasteiger partial charge in [-0.2, -0.15) is 0 Å². The van der Waals surface area contributed by atoms with Gasteiger partial charge in [-0.15, -0.1) is 11.3 Å². The van der Waals surface area contributed by atoms with Crippen molar-refractivity contribution in [2.45, 2.75) is 0 Å². The minimum absolute atomic E-state index is 0.147. The van der Waals surface area contributed by atoms with Gasteiger partial charge in [0.05, 0.1) is 11.8 Å². The molecule has 2 N–H and O–H groups in total. The van der Waals surface area contributed by atoms with Crippen LogP contribution in [0.15, 0.2) is 30.0 Å². The highest BCUT2D eigenvalue weighted by Gasteiger charge is 2.11. The molecular weight excluding hydrogens is 214 g/mol. The van der Waals surface area contributed by atoms with Gasteiger partial charge in [-0.25, -0.2) is 4.98 Å². The van der Waals surface area contributed by atoms with Crippen molar-refractivity contribution in [2.24, 2.45) is 0 Å². The zero-order valence-corrected chi connectivity index (χ0v) is 8.36. The van der Waals surface area contributed by atoms with E-state index >= 15 is 0 Å². The first-order valence-electron chi connectivity index (χ1n) is 4.11. The largest absolute Gasteiger partial charge is 0.505 e. The Morgan fingerprint density at radius 3 is 3.00 bits per heavy atom. The molecule has 0 saturated heterocycles. The van der Waals surface area contributed by atoms with Crippen molar-refractivity contribution in [3.8, 4) is 5.75 Å². The van der Waals surface area contributed by atoms with Crippen molar-refractivity contribution in [1.29, 1.82) is 0 Å². The van der Waals surface area contributed by atoms with E-state index in [-0.39, 0.29) is 11.3 Å². The molecule has 0 unspecified atom stereocenters. The molecule has 0 radical (unpaired) electrons. The normalized spacial score (nSPS) is 9.87. The highest BCUT2D eigenvalue weighted by Crippen LogP contribution is 2.17. The Kier molecular flexibility index (Phi) is 2.59. The Morgan fingerprint density at radius 1 is 1.47 bits per heavy atom. The van der Waals surface area contributed by atoms with E-state index in [9.17, 15) is 9.90 Å². The molecule has 1 amide bonds. The van der Waals surface area contributed by atoms with Gasteiger partial charge in [-0.1, -0.05) is 0 Å². The van der Waals surface area contributed by atoms with Gasteiger partial charge in [0.2, 0.25) is 0 Å². The minimum Gasteiger partial charge on any atom is -0.505 e. The molecule has 0 saturated carbocycles. The van der Waals surface area contributed by atoms with Crippen molar-refractivity contribution in [2.75, 3.05) is 5.32 Å². The summed E-state index contributed by atoms with van der Waals surface area (Å²) in [5.41, 5.74) is 0.181. The predicted molar refractivity (Wildman–Crippen MR) is 56.0 cm³/mol. The molecule has 15 heavy (non-hydrogen) atoms. The van der Waals surface area contributed by atoms with E-state index in [0.717, 1.165) is 0 Å². The maximum atomic E-state index is 11.6. The summed E-state index contributed by atoms with van der Waals surface area (Å²) in [6.45, 7) is 0. The van der Waals surface area contributed by atoms with Gasteiger partial charge < -0.3 is 5.11 Å². The smallest absolute Gasteiger partial charge is 0.261 e. The summed E-state index contributed by atoms with van der Waals surface area (Å²) in [5, 5.41) is 14.2. The number of pyridine rings is 1. The fourth-order valence-corrected chi connectivity index (χ4v) is 1.55. The van der Waals surface area contributed by atoms with Crippen LogP contribution in [0.4, 0.5) is 5.13 Å². The number of aromatic nitrogens is 2. The predicted octanol–water partition coefficient (Wildman–Crippen LogP) is 1.50. The van der Waals surface area contributed by atoms with Gasteiger partial charge in [0.25, 0.3) is 5.91 Å². The molecular formula is C9H7N3O2S. The van der Waals surface area contributed by atoms with Crippen LogP contribution in [-0.4, -0.2) is 21.0 Å². The van der Waals surface area contributed by atoms with Crippen LogP contribution in [0.1, 0.15) is 10.4 Å². The Bertz CT molecular complexity index is 470. The van der Waals surface area contributed by atoms with Crippen molar-refractivity contribution >= 4 is 22.4 Å². The van der Waals surface area contributed by atoms with E-state index in [2.05, 4.69) is 15.3 Å². The number of carbonyl (C=O) groups is 1. The van der Waals surface area contributed by atoms with E-state index in [1.165, 1.54) is 29.8 Å². The molecule has 0 atom stereocenters. The van der Waals surface area contributed by atoms with Gasteiger partial charge in [-0.3, -0.25) is 15.1 Å². The Hall–Kier alpha value is -1.95. The van der Waals surface area contributed by atoms with Crippen molar-refractivity contribution < 1.29 is 9.90 Å². The number of rotatable bonds is 2. The molecule has 2 rings (SSSR count). The van der Waals surface area contributed by atoms with Gasteiger partial charge in [-0.05, 0) is 6.07 Å². The molecule has 0 fully saturated rings. The van der Waals surface area contributed by atoms with Crippen molar-refractivity contribution in [3.63, 3.8) is 0 Å². The number of nitrogens with zero attached hydrogens (tertiary/aromatic N) is 2. The van der Waals surface area contributed by atoms with Crippen LogP contribution < -0.4 is 5.32 Å². The summed E-state index contributed by atoms with van der Waals surface area (Å²) in [6, 6.07) is 1.44. The molecule has 0 spiro atoms. The van der Waals surface area contributed by atoms with Gasteiger partial charge in [0.15, 0.2) is 5.13 Å². The average molecular weight is 221 g/mol. The Labute approximate surface area is 89.4 Å². The first kappa shape index (κ1) is 9.60. The number of aromatic hydroxyl groups is 1. The summed E-state index contributed by atoms with van der Waals surface area (Å²) < 4.78 is 0. The molecule has 0 aliphatic heterocycles. The zero-order chi connectivity index (χ0) is 10.7. The monoisotopic (exact) mass is 221 g/mol. The third-order valence-corrected chi connectivity index (χ3v) is 2.39. The van der Waals surface area contributed by atoms with Crippen LogP contribution in [0.3, 0.4) is 0 Å². The van der Waals surface area contributed by atoms with Crippen LogP contribution in [0.2, 0.25) is 0 Å². The quantitative estimate of drug-likeness (QED) is 0.805. The maximum Gasteiger partial charge on any atom is 0.261 e. The fraction of sp³-hybridized carbons (Fsp3) is 0. The molecule has 0 bridgehead atoms. The summed E-state index contributed by atoms with van der Waals surface area (Å²) >= 11 is 1.31. The van der Waals surface area contributed by atoms with Gasteiger partial charge in [0, 0.05) is 17.8 Å². The Morgan fingerprint density at radius 2 is 2.33 bits per heavy atom. The molecule has 2 heterocycles. The maximum absolute atomic E-state index is 11.6. The first-order valence-corrected chi connectivity index (χ1v) is 4.99. The second kappa shape index (κ2) is 4.05. The lowest BCUT2D eigenvalue weighted by Gasteiger charge is -2.02. The molecule has 6 heteroatoms. The number of amides is 1. The Balaban J connectivity index is 2.19. The van der Waals surface area contributed by atoms with Gasteiger partial charge in [0.1, 0.15) is 5.75 Å². The molecule has 2 aromatic rings. The third-order valence-electron chi connectivity index (χ3n) is 1.70. The second-order valence-electron chi connectivity index (χ2n) is 2.68. The second-order valence-corrected chi connectivity index (χ2v) is 3.58. The summed E-state index contributed by atoms with van der Waals surface area (Å²) in [6.07, 6.45) is 4.25. The lowest BCUT2D eigenvalue weighted by Crippen LogP contribution is -2.11. The SMILES string of the molecule is O=C(Nc1nccs1)c1ccncc1O. The van der Waals surface area contributed by atoms with Crippen LogP contribution in [0, 0.1) is 0 Å². The molecule has 5 nitrogen and oxygen atoms in total. The number of nitrogens with one attached hydrogen (secondary N) is 1. The van der Waals surface area contributed by atoms with Crippen LogP contribution in [0.5, 0.6) is 5.75 Å². The van der Waals surface area contributed by atoms with Crippen LogP contribution >= 0.6 is 11.3 Å². The number of carbonyl (C=O) groups excluding carboxylic acids is 1. The van der Waals surface area contributed by atoms with Crippen molar-refractivity contribution in [3.05, 3.63) is 35.6 Å². The molecule has 2 aromatic heterocycles. The fourth-order valence-electron chi connectivity index (χ4n) is 1.03. The minimum atomic E-state index is -0.398. The summed E-state index contributed by atoms with van der Waals surface area (Å²) in [5.74, 6) is -0.545. The van der Waals surface area contributed by atoms with E-state index in [1.54, 1.807) is 11.6 Å². The lowest BCUT2D eigenvalue weighted by atomic mass is 10.2. The lowest BCUT2D eigenvalue weighted by molar-refractivity contribution is 0.102. The van der Waals surface area contributed by atoms with E-state index in [4.69, 9.17) is 0 Å². The molecule has 0 aromatic carbocycles. The van der Waals surface area contributed by atoms with Gasteiger partial charge >= 0.3 is 0 Å². The number of anilines is 1. The average Bonchev–Trinajstić information content (AvgIpc) is 2.71. The number of hydrogen-bond acceptors (Lipinski definition) is 5. The molecule has 76 valence electrons. The van der Waals surface area contributed by atoms with Crippen molar-refractivity contribution in [1.82, 2.24) is 9.97 Å². The highest BCUT2D eigenvalue weighted by atomic mass is 32.1. The highest BCUT2D eigenvalue weighted by molar-refractivity contribution is 7.13.